The zero-order valence-electron chi connectivity index (χ0n) is 36.1. The average molecular weight is 789 g/mol. The Kier molecular flexibility index (Phi) is 10.6. The van der Waals surface area contributed by atoms with Crippen molar-refractivity contribution in [2.45, 2.75) is 48.0 Å². The minimum absolute atomic E-state index is 0.432. The summed E-state index contributed by atoms with van der Waals surface area (Å²) < 4.78 is 0. The molecule has 0 saturated heterocycles. The van der Waals surface area contributed by atoms with Gasteiger partial charge in [-0.15, -0.1) is 0 Å². The summed E-state index contributed by atoms with van der Waals surface area (Å²) >= 11 is 0. The van der Waals surface area contributed by atoms with Crippen molar-refractivity contribution in [1.29, 1.82) is 0 Å². The van der Waals surface area contributed by atoms with E-state index in [1.54, 1.807) is 0 Å². The molecule has 0 atom stereocenters. The fourth-order valence-electron chi connectivity index (χ4n) is 9.19. The van der Waals surface area contributed by atoms with Gasteiger partial charge < -0.3 is 10.2 Å². The topological polar surface area (TPSA) is 15.3 Å². The molecule has 0 saturated carbocycles. The Bertz CT molecular complexity index is 3030. The smallest absolute Gasteiger partial charge is 0.0897 e. The lowest BCUT2D eigenvalue weighted by molar-refractivity contribution is 0.796. The number of nitrogens with zero attached hydrogens (tertiary/aromatic N) is 1. The largest absolute Gasteiger partial charge is 0.348 e. The molecule has 0 amide bonds. The van der Waals surface area contributed by atoms with Gasteiger partial charge in [0.05, 0.1) is 11.4 Å². The van der Waals surface area contributed by atoms with Gasteiger partial charge in [0.2, 0.25) is 0 Å². The Morgan fingerprint density at radius 1 is 0.672 bits per heavy atom. The summed E-state index contributed by atoms with van der Waals surface area (Å²) in [6.45, 7) is 18.0. The first kappa shape index (κ1) is 39.3. The fourth-order valence-corrected chi connectivity index (χ4v) is 9.19. The number of rotatable bonds is 11. The van der Waals surface area contributed by atoms with E-state index >= 15 is 0 Å². The predicted molar refractivity (Wildman–Crippen MR) is 264 cm³/mol. The normalized spacial score (nSPS) is 13.3. The maximum absolute atomic E-state index is 4.48. The predicted octanol–water partition coefficient (Wildman–Crippen LogP) is 16.4. The second kappa shape index (κ2) is 16.5. The summed E-state index contributed by atoms with van der Waals surface area (Å²) in [7, 11) is 0. The highest BCUT2D eigenvalue weighted by molar-refractivity contribution is 6.01. The van der Waals surface area contributed by atoms with E-state index in [9.17, 15) is 0 Å². The second-order valence-corrected chi connectivity index (χ2v) is 16.7. The monoisotopic (exact) mass is 788 g/mol. The second-order valence-electron chi connectivity index (χ2n) is 16.7. The van der Waals surface area contributed by atoms with Crippen LogP contribution in [0.5, 0.6) is 0 Å². The van der Waals surface area contributed by atoms with E-state index in [0.29, 0.717) is 5.92 Å². The summed E-state index contributed by atoms with van der Waals surface area (Å²) in [5, 5.41) is 6.26. The highest BCUT2D eigenvalue weighted by atomic mass is 15.2. The number of nitrogens with one attached hydrogen (secondary N) is 1. The first-order valence-electron chi connectivity index (χ1n) is 21.5. The van der Waals surface area contributed by atoms with Crippen LogP contribution >= 0.6 is 0 Å². The van der Waals surface area contributed by atoms with Crippen molar-refractivity contribution < 1.29 is 0 Å². The molecule has 0 aromatic heterocycles. The summed E-state index contributed by atoms with van der Waals surface area (Å²) in [6, 6.07) is 51.0. The number of benzene rings is 7. The van der Waals surface area contributed by atoms with E-state index in [1.165, 1.54) is 66.4 Å². The molecule has 9 rings (SSSR count). The van der Waals surface area contributed by atoms with Crippen molar-refractivity contribution in [1.82, 2.24) is 0 Å². The van der Waals surface area contributed by atoms with Gasteiger partial charge in [0, 0.05) is 28.2 Å². The van der Waals surface area contributed by atoms with E-state index in [4.69, 9.17) is 0 Å². The van der Waals surface area contributed by atoms with Crippen molar-refractivity contribution in [3.8, 4) is 22.3 Å². The standard InChI is InChI=1S/C59H52N2/c1-8-43-35-54(53-29-18-30-55(53)60-56-36-47-23-14-13-22-45(47)33-41(56)6)42(7)59(58(43)51-26-15-12-19-39(51)4)61(49-25-16-24-46(34-49)44-20-10-9-11-21-44)57-37-48(32-31-40(57)5)52-28-17-27-50(52)38(2)3/h8-27,29,31-38,60H,1,28H2,2-7H3. The lowest BCUT2D eigenvalue weighted by Gasteiger charge is -2.34. The molecule has 0 unspecified atom stereocenters. The van der Waals surface area contributed by atoms with Crippen LogP contribution in [0, 0.1) is 33.6 Å². The Balaban J connectivity index is 1.31. The Hall–Kier alpha value is -7.12. The third-order valence-corrected chi connectivity index (χ3v) is 12.4. The fraction of sp³-hybridized carbons (Fsp3) is 0.136. The van der Waals surface area contributed by atoms with Gasteiger partial charge in [-0.05, 0) is 166 Å². The van der Waals surface area contributed by atoms with Crippen LogP contribution in [0.4, 0.5) is 22.7 Å². The Labute approximate surface area is 361 Å². The third-order valence-electron chi connectivity index (χ3n) is 12.4. The number of anilines is 4. The van der Waals surface area contributed by atoms with Gasteiger partial charge in [-0.25, -0.2) is 0 Å². The van der Waals surface area contributed by atoms with Gasteiger partial charge in [0.1, 0.15) is 0 Å². The molecule has 298 valence electrons. The molecule has 7 aromatic rings. The summed E-state index contributed by atoms with van der Waals surface area (Å²) in [4.78, 5) is 2.53. The molecule has 0 bridgehead atoms. The summed E-state index contributed by atoms with van der Waals surface area (Å²) in [5.74, 6) is 0.432. The number of fused-ring (bicyclic) bond motifs is 1. The van der Waals surface area contributed by atoms with E-state index in [-0.39, 0.29) is 0 Å². The molecular weight excluding hydrogens is 737 g/mol. The summed E-state index contributed by atoms with van der Waals surface area (Å²) in [6.07, 6.45) is 11.8. The number of hydrogen-bond donors (Lipinski definition) is 1. The Morgan fingerprint density at radius 3 is 2.18 bits per heavy atom. The number of allylic oxidation sites excluding steroid dienone is 6. The maximum Gasteiger partial charge on any atom is 0.0897 e. The number of aryl methyl sites for hydroxylation is 3. The van der Waals surface area contributed by atoms with Crippen LogP contribution in [-0.2, 0) is 0 Å². The van der Waals surface area contributed by atoms with E-state index in [0.717, 1.165) is 57.1 Å². The van der Waals surface area contributed by atoms with Crippen LogP contribution in [0.25, 0.3) is 50.2 Å². The molecule has 0 spiro atoms. The zero-order chi connectivity index (χ0) is 42.2. The van der Waals surface area contributed by atoms with Gasteiger partial charge in [-0.1, -0.05) is 148 Å². The van der Waals surface area contributed by atoms with Crippen molar-refractivity contribution >= 4 is 50.7 Å². The van der Waals surface area contributed by atoms with Crippen molar-refractivity contribution in [3.05, 3.63) is 226 Å². The first-order chi connectivity index (χ1) is 29.7. The molecule has 0 aliphatic heterocycles. The van der Waals surface area contributed by atoms with E-state index in [1.807, 2.05) is 12.2 Å². The highest BCUT2D eigenvalue weighted by Gasteiger charge is 2.28. The SMILES string of the molecule is C=Cc1cc(C2=CC=C=C2Nc2cc3ccccc3cc2C)c(C)c(N(c2cccc(-c3ccccc3)c2)c2cc(C3=C(C(C)C)C=CC3)ccc2C)c1-c1ccccc1C. The van der Waals surface area contributed by atoms with E-state index in [2.05, 4.69) is 222 Å². The van der Waals surface area contributed by atoms with Crippen LogP contribution in [0.15, 0.2) is 187 Å². The lowest BCUT2D eigenvalue weighted by Crippen LogP contribution is -2.16. The molecule has 0 fully saturated rings. The molecule has 0 heterocycles. The molecule has 7 aromatic carbocycles. The quantitative estimate of drug-likeness (QED) is 0.131. The van der Waals surface area contributed by atoms with Crippen LogP contribution in [0.2, 0.25) is 0 Å². The highest BCUT2D eigenvalue weighted by Crippen LogP contribution is 2.50. The average Bonchev–Trinajstić information content (AvgIpc) is 3.97. The third kappa shape index (κ3) is 7.41. The van der Waals surface area contributed by atoms with Crippen LogP contribution in [0.1, 0.15) is 59.2 Å². The zero-order valence-corrected chi connectivity index (χ0v) is 36.1. The molecular formula is C59H52N2. The Morgan fingerprint density at radius 2 is 1.41 bits per heavy atom. The van der Waals surface area contributed by atoms with Crippen molar-refractivity contribution in [3.63, 3.8) is 0 Å². The maximum atomic E-state index is 4.48. The van der Waals surface area contributed by atoms with Gasteiger partial charge in [-0.3, -0.25) is 0 Å². The van der Waals surface area contributed by atoms with Gasteiger partial charge in [0.25, 0.3) is 0 Å². The minimum atomic E-state index is 0.432. The summed E-state index contributed by atoms with van der Waals surface area (Å²) in [5.41, 5.74) is 25.8. The van der Waals surface area contributed by atoms with E-state index < -0.39 is 0 Å². The molecule has 2 nitrogen and oxygen atoms in total. The molecule has 61 heavy (non-hydrogen) atoms. The first-order valence-corrected chi connectivity index (χ1v) is 21.5. The van der Waals surface area contributed by atoms with Crippen molar-refractivity contribution in [2.75, 3.05) is 10.2 Å². The molecule has 1 N–H and O–H groups in total. The van der Waals surface area contributed by atoms with Crippen LogP contribution < -0.4 is 10.2 Å². The van der Waals surface area contributed by atoms with Crippen LogP contribution in [0.3, 0.4) is 0 Å². The minimum Gasteiger partial charge on any atom is -0.348 e. The molecule has 2 heteroatoms. The van der Waals surface area contributed by atoms with Gasteiger partial charge in [-0.2, -0.15) is 0 Å². The van der Waals surface area contributed by atoms with Gasteiger partial charge >= 0.3 is 0 Å². The lowest BCUT2D eigenvalue weighted by atomic mass is 9.85. The molecule has 2 aliphatic rings. The molecule has 2 aliphatic carbocycles. The molecule has 0 radical (unpaired) electrons. The number of hydrogen-bond acceptors (Lipinski definition) is 2. The van der Waals surface area contributed by atoms with Crippen LogP contribution in [-0.4, -0.2) is 0 Å². The van der Waals surface area contributed by atoms with Crippen molar-refractivity contribution in [2.24, 2.45) is 5.92 Å². The van der Waals surface area contributed by atoms with Gasteiger partial charge in [0.15, 0.2) is 0 Å².